The summed E-state index contributed by atoms with van der Waals surface area (Å²) in [4.78, 5) is 11.9. The van der Waals surface area contributed by atoms with Crippen LogP contribution in [0.25, 0.3) is 0 Å². The summed E-state index contributed by atoms with van der Waals surface area (Å²) in [6.07, 6.45) is 0. The number of benzene rings is 1. The molecule has 2 atom stereocenters. The van der Waals surface area contributed by atoms with Gasteiger partial charge >= 0.3 is 0 Å². The summed E-state index contributed by atoms with van der Waals surface area (Å²) in [6, 6.07) is 9.36. The molecule has 0 fully saturated rings. The van der Waals surface area contributed by atoms with Crippen LogP contribution in [0, 0.1) is 5.41 Å². The Bertz CT molecular complexity index is 368. The molecule has 1 aromatic carbocycles. The van der Waals surface area contributed by atoms with Crippen molar-refractivity contribution < 1.29 is 4.79 Å². The van der Waals surface area contributed by atoms with E-state index >= 15 is 0 Å². The first-order chi connectivity index (χ1) is 7.82. The van der Waals surface area contributed by atoms with Gasteiger partial charge < -0.3 is 11.1 Å². The lowest BCUT2D eigenvalue weighted by molar-refractivity contribution is -0.125. The summed E-state index contributed by atoms with van der Waals surface area (Å²) in [6.45, 7) is 7.85. The van der Waals surface area contributed by atoms with Crippen LogP contribution >= 0.6 is 0 Å². The smallest absolute Gasteiger partial charge is 0.237 e. The van der Waals surface area contributed by atoms with E-state index in [-0.39, 0.29) is 17.4 Å². The number of hydrogen-bond acceptors (Lipinski definition) is 2. The summed E-state index contributed by atoms with van der Waals surface area (Å²) < 4.78 is 0. The SMILES string of the molecule is C[C@@H](NC(=O)C(N)C(C)(C)C)c1ccccc1. The van der Waals surface area contributed by atoms with E-state index in [1.54, 1.807) is 0 Å². The van der Waals surface area contributed by atoms with Gasteiger partial charge in [0, 0.05) is 0 Å². The van der Waals surface area contributed by atoms with Gasteiger partial charge in [0.2, 0.25) is 5.91 Å². The predicted octanol–water partition coefficient (Wildman–Crippen LogP) is 2.24. The lowest BCUT2D eigenvalue weighted by Gasteiger charge is -2.27. The zero-order valence-corrected chi connectivity index (χ0v) is 11.0. The molecule has 1 unspecified atom stereocenters. The standard InChI is InChI=1S/C14H22N2O/c1-10(11-8-6-5-7-9-11)16-13(17)12(15)14(2,3)4/h5-10,12H,15H2,1-4H3,(H,16,17)/t10-,12?/m1/s1. The second-order valence-electron chi connectivity index (χ2n) is 5.48. The zero-order chi connectivity index (χ0) is 13.1. The van der Waals surface area contributed by atoms with Gasteiger partial charge in [-0.1, -0.05) is 51.1 Å². The van der Waals surface area contributed by atoms with Gasteiger partial charge in [-0.2, -0.15) is 0 Å². The van der Waals surface area contributed by atoms with E-state index in [1.165, 1.54) is 0 Å². The molecule has 3 heteroatoms. The maximum atomic E-state index is 11.9. The van der Waals surface area contributed by atoms with Crippen LogP contribution in [0.5, 0.6) is 0 Å². The van der Waals surface area contributed by atoms with Gasteiger partial charge in [-0.25, -0.2) is 0 Å². The summed E-state index contributed by atoms with van der Waals surface area (Å²) >= 11 is 0. The Hall–Kier alpha value is -1.35. The first kappa shape index (κ1) is 13.7. The molecule has 0 saturated carbocycles. The highest BCUT2D eigenvalue weighted by atomic mass is 16.2. The lowest BCUT2D eigenvalue weighted by Crippen LogP contribution is -2.49. The molecular weight excluding hydrogens is 212 g/mol. The molecule has 3 N–H and O–H groups in total. The van der Waals surface area contributed by atoms with E-state index in [9.17, 15) is 4.79 Å². The fourth-order valence-corrected chi connectivity index (χ4v) is 1.52. The number of nitrogens with one attached hydrogen (secondary N) is 1. The average Bonchev–Trinajstić information content (AvgIpc) is 2.27. The first-order valence-electron chi connectivity index (χ1n) is 5.93. The van der Waals surface area contributed by atoms with Crippen LogP contribution in [0.1, 0.15) is 39.3 Å². The van der Waals surface area contributed by atoms with Crippen LogP contribution < -0.4 is 11.1 Å². The van der Waals surface area contributed by atoms with E-state index in [0.717, 1.165) is 5.56 Å². The maximum absolute atomic E-state index is 11.9. The molecule has 0 aliphatic carbocycles. The molecule has 1 rings (SSSR count). The van der Waals surface area contributed by atoms with Crippen molar-refractivity contribution in [2.24, 2.45) is 11.1 Å². The van der Waals surface area contributed by atoms with Crippen LogP contribution in [0.2, 0.25) is 0 Å². The molecule has 0 bridgehead atoms. The second kappa shape index (κ2) is 5.32. The normalized spacial score (nSPS) is 15.1. The summed E-state index contributed by atoms with van der Waals surface area (Å²) in [5.74, 6) is -0.103. The fourth-order valence-electron chi connectivity index (χ4n) is 1.52. The van der Waals surface area contributed by atoms with Crippen molar-refractivity contribution in [3.8, 4) is 0 Å². The van der Waals surface area contributed by atoms with Crippen molar-refractivity contribution >= 4 is 5.91 Å². The molecule has 0 aromatic heterocycles. The third-order valence-corrected chi connectivity index (χ3v) is 2.87. The highest BCUT2D eigenvalue weighted by Crippen LogP contribution is 2.19. The third-order valence-electron chi connectivity index (χ3n) is 2.87. The Balaban J connectivity index is 2.64. The third kappa shape index (κ3) is 3.86. The van der Waals surface area contributed by atoms with Crippen LogP contribution in [-0.4, -0.2) is 11.9 Å². The number of hydrogen-bond donors (Lipinski definition) is 2. The molecule has 3 nitrogen and oxygen atoms in total. The van der Waals surface area contributed by atoms with E-state index < -0.39 is 6.04 Å². The maximum Gasteiger partial charge on any atom is 0.237 e. The quantitative estimate of drug-likeness (QED) is 0.842. The van der Waals surface area contributed by atoms with Gasteiger partial charge in [-0.05, 0) is 17.9 Å². The van der Waals surface area contributed by atoms with Crippen LogP contribution in [0.3, 0.4) is 0 Å². The van der Waals surface area contributed by atoms with E-state index in [1.807, 2.05) is 58.0 Å². The van der Waals surface area contributed by atoms with Gasteiger partial charge in [0.05, 0.1) is 12.1 Å². The Morgan fingerprint density at radius 1 is 1.24 bits per heavy atom. The van der Waals surface area contributed by atoms with Gasteiger partial charge in [-0.15, -0.1) is 0 Å². The highest BCUT2D eigenvalue weighted by molar-refractivity contribution is 5.82. The van der Waals surface area contributed by atoms with Crippen molar-refractivity contribution in [1.82, 2.24) is 5.32 Å². The minimum absolute atomic E-state index is 0.0166. The zero-order valence-electron chi connectivity index (χ0n) is 11.0. The Morgan fingerprint density at radius 2 is 1.76 bits per heavy atom. The molecule has 0 heterocycles. The van der Waals surface area contributed by atoms with Crippen LogP contribution in [-0.2, 0) is 4.79 Å². The number of amides is 1. The number of carbonyl (C=O) groups is 1. The first-order valence-corrected chi connectivity index (χ1v) is 5.93. The highest BCUT2D eigenvalue weighted by Gasteiger charge is 2.28. The van der Waals surface area contributed by atoms with Crippen molar-refractivity contribution in [3.05, 3.63) is 35.9 Å². The van der Waals surface area contributed by atoms with Crippen molar-refractivity contribution in [2.75, 3.05) is 0 Å². The number of nitrogens with two attached hydrogens (primary N) is 1. The topological polar surface area (TPSA) is 55.1 Å². The molecular formula is C14H22N2O. The Labute approximate surface area is 103 Å². The molecule has 94 valence electrons. The largest absolute Gasteiger partial charge is 0.348 e. The lowest BCUT2D eigenvalue weighted by atomic mass is 9.86. The van der Waals surface area contributed by atoms with Crippen molar-refractivity contribution in [1.29, 1.82) is 0 Å². The molecule has 0 aliphatic heterocycles. The molecule has 0 radical (unpaired) electrons. The summed E-state index contributed by atoms with van der Waals surface area (Å²) in [5, 5.41) is 2.94. The van der Waals surface area contributed by atoms with E-state index in [0.29, 0.717) is 0 Å². The summed E-state index contributed by atoms with van der Waals surface area (Å²) in [7, 11) is 0. The molecule has 0 aliphatic rings. The fraction of sp³-hybridized carbons (Fsp3) is 0.500. The minimum atomic E-state index is -0.492. The second-order valence-corrected chi connectivity index (χ2v) is 5.48. The van der Waals surface area contributed by atoms with Gasteiger partial charge in [-0.3, -0.25) is 4.79 Å². The van der Waals surface area contributed by atoms with Crippen LogP contribution in [0.4, 0.5) is 0 Å². The molecule has 0 spiro atoms. The number of rotatable bonds is 3. The van der Waals surface area contributed by atoms with E-state index in [4.69, 9.17) is 5.73 Å². The molecule has 1 aromatic rings. The van der Waals surface area contributed by atoms with Gasteiger partial charge in [0.25, 0.3) is 0 Å². The predicted molar refractivity (Wildman–Crippen MR) is 70.4 cm³/mol. The monoisotopic (exact) mass is 234 g/mol. The minimum Gasteiger partial charge on any atom is -0.348 e. The number of carbonyl (C=O) groups excluding carboxylic acids is 1. The van der Waals surface area contributed by atoms with Crippen molar-refractivity contribution in [2.45, 2.75) is 39.8 Å². The Kier molecular flexibility index (Phi) is 4.29. The van der Waals surface area contributed by atoms with Gasteiger partial charge in [0.1, 0.15) is 0 Å². The average molecular weight is 234 g/mol. The van der Waals surface area contributed by atoms with E-state index in [2.05, 4.69) is 5.32 Å². The van der Waals surface area contributed by atoms with Gasteiger partial charge in [0.15, 0.2) is 0 Å². The van der Waals surface area contributed by atoms with Crippen LogP contribution in [0.15, 0.2) is 30.3 Å². The summed E-state index contributed by atoms with van der Waals surface area (Å²) in [5.41, 5.74) is 6.77. The molecule has 17 heavy (non-hydrogen) atoms. The molecule has 0 saturated heterocycles. The molecule has 1 amide bonds. The van der Waals surface area contributed by atoms with Crippen molar-refractivity contribution in [3.63, 3.8) is 0 Å². The Morgan fingerprint density at radius 3 is 2.24 bits per heavy atom.